The molecule has 1 aromatic carbocycles. The molecule has 1 saturated heterocycles. The predicted molar refractivity (Wildman–Crippen MR) is 93.7 cm³/mol. The molecule has 1 heterocycles. The van der Waals surface area contributed by atoms with Crippen molar-refractivity contribution in [2.24, 2.45) is 11.8 Å². The number of hydrogen-bond donors (Lipinski definition) is 2. The molecule has 0 spiro atoms. The number of fused-ring (bicyclic) bond motifs is 1. The van der Waals surface area contributed by atoms with Gasteiger partial charge in [-0.05, 0) is 44.0 Å². The topological polar surface area (TPSA) is 95.6 Å². The van der Waals surface area contributed by atoms with Crippen molar-refractivity contribution in [2.45, 2.75) is 25.8 Å². The zero-order chi connectivity index (χ0) is 18.8. The van der Waals surface area contributed by atoms with Crippen LogP contribution in [0.15, 0.2) is 36.4 Å². The minimum absolute atomic E-state index is 0.313. The van der Waals surface area contributed by atoms with E-state index in [1.807, 2.05) is 12.2 Å². The molecule has 3 atom stereocenters. The number of carbonyl (C=O) groups is 4. The highest BCUT2D eigenvalue weighted by Gasteiger charge is 2.50. The van der Waals surface area contributed by atoms with E-state index in [2.05, 4.69) is 10.9 Å². The van der Waals surface area contributed by atoms with Gasteiger partial charge in [0.25, 0.3) is 11.8 Å². The van der Waals surface area contributed by atoms with Crippen molar-refractivity contribution in [3.8, 4) is 0 Å². The van der Waals surface area contributed by atoms with E-state index in [0.717, 1.165) is 4.90 Å². The van der Waals surface area contributed by atoms with Crippen molar-refractivity contribution >= 4 is 35.2 Å². The number of hydrazine groups is 1. The first kappa shape index (κ1) is 18.1. The largest absolute Gasteiger partial charge is 0.274 e. The highest BCUT2D eigenvalue weighted by molar-refractivity contribution is 6.30. The number of benzene rings is 1. The van der Waals surface area contributed by atoms with Crippen LogP contribution in [0.3, 0.4) is 0 Å². The van der Waals surface area contributed by atoms with E-state index in [1.54, 1.807) is 12.1 Å². The van der Waals surface area contributed by atoms with Gasteiger partial charge >= 0.3 is 0 Å². The molecule has 1 aliphatic carbocycles. The maximum Gasteiger partial charge on any atom is 0.269 e. The number of halogens is 1. The van der Waals surface area contributed by atoms with E-state index < -0.39 is 29.7 Å². The van der Waals surface area contributed by atoms with Crippen LogP contribution in [-0.2, 0) is 14.4 Å². The smallest absolute Gasteiger partial charge is 0.269 e. The summed E-state index contributed by atoms with van der Waals surface area (Å²) in [5, 5.41) is 0.487. The lowest BCUT2D eigenvalue weighted by molar-refractivity contribution is -0.147. The number of imide groups is 1. The zero-order valence-corrected chi connectivity index (χ0v) is 14.8. The monoisotopic (exact) mass is 375 g/mol. The summed E-state index contributed by atoms with van der Waals surface area (Å²) >= 11 is 5.76. The van der Waals surface area contributed by atoms with Crippen molar-refractivity contribution in [1.82, 2.24) is 15.8 Å². The van der Waals surface area contributed by atoms with Crippen LogP contribution < -0.4 is 10.9 Å². The Kier molecular flexibility index (Phi) is 5.08. The fraction of sp³-hybridized carbons (Fsp3) is 0.333. The second-order valence-corrected chi connectivity index (χ2v) is 6.76. The summed E-state index contributed by atoms with van der Waals surface area (Å²) in [6.07, 6.45) is 4.78. The summed E-state index contributed by atoms with van der Waals surface area (Å²) in [6, 6.07) is 5.12. The van der Waals surface area contributed by atoms with Crippen molar-refractivity contribution in [2.75, 3.05) is 0 Å². The van der Waals surface area contributed by atoms with E-state index in [1.165, 1.54) is 19.1 Å². The SMILES string of the molecule is CC(C(=O)NNC(=O)c1ccc(Cl)cc1)N1C(=O)C2CC=CCC2C1=O. The molecule has 1 fully saturated rings. The minimum atomic E-state index is -1.01. The number of amides is 4. The number of allylic oxidation sites excluding steroid dienone is 2. The Hall–Kier alpha value is -2.67. The normalized spacial score (nSPS) is 22.8. The third-order valence-corrected chi connectivity index (χ3v) is 4.97. The Morgan fingerprint density at radius 3 is 2.12 bits per heavy atom. The first-order chi connectivity index (χ1) is 12.4. The van der Waals surface area contributed by atoms with Crippen LogP contribution in [0.5, 0.6) is 0 Å². The molecule has 0 radical (unpaired) electrons. The standard InChI is InChI=1S/C18H18ClN3O4/c1-10(22-17(25)13-4-2-3-5-14(13)18(22)26)15(23)20-21-16(24)11-6-8-12(19)9-7-11/h2-3,6-10,13-14H,4-5H2,1H3,(H,20,23)(H,21,24). The maximum absolute atomic E-state index is 12.5. The van der Waals surface area contributed by atoms with Crippen LogP contribution in [0, 0.1) is 11.8 Å². The molecule has 4 amide bonds. The van der Waals surface area contributed by atoms with Gasteiger partial charge in [-0.15, -0.1) is 0 Å². The fourth-order valence-electron chi connectivity index (χ4n) is 3.22. The molecule has 1 aliphatic heterocycles. The Morgan fingerprint density at radius 2 is 1.58 bits per heavy atom. The van der Waals surface area contributed by atoms with Gasteiger partial charge in [0.15, 0.2) is 0 Å². The predicted octanol–water partition coefficient (Wildman–Crippen LogP) is 1.44. The van der Waals surface area contributed by atoms with Crippen molar-refractivity contribution in [3.63, 3.8) is 0 Å². The molecule has 0 saturated carbocycles. The third-order valence-electron chi connectivity index (χ3n) is 4.71. The molecule has 7 nitrogen and oxygen atoms in total. The first-order valence-electron chi connectivity index (χ1n) is 8.28. The molecule has 0 aromatic heterocycles. The summed E-state index contributed by atoms with van der Waals surface area (Å²) in [5.41, 5.74) is 4.85. The highest BCUT2D eigenvalue weighted by atomic mass is 35.5. The molecular formula is C18H18ClN3O4. The van der Waals surface area contributed by atoms with Gasteiger partial charge in [-0.3, -0.25) is 34.9 Å². The Morgan fingerprint density at radius 1 is 1.04 bits per heavy atom. The van der Waals surface area contributed by atoms with Gasteiger partial charge in [-0.1, -0.05) is 23.8 Å². The average Bonchev–Trinajstić information content (AvgIpc) is 2.90. The van der Waals surface area contributed by atoms with Gasteiger partial charge in [0.05, 0.1) is 11.8 Å². The first-order valence-corrected chi connectivity index (χ1v) is 8.65. The Balaban J connectivity index is 1.61. The summed E-state index contributed by atoms with van der Waals surface area (Å²) < 4.78 is 0. The zero-order valence-electron chi connectivity index (χ0n) is 14.1. The quantitative estimate of drug-likeness (QED) is 0.474. The molecule has 2 aliphatic rings. The molecule has 26 heavy (non-hydrogen) atoms. The van der Waals surface area contributed by atoms with Gasteiger partial charge in [0.1, 0.15) is 6.04 Å². The summed E-state index contributed by atoms with van der Waals surface area (Å²) in [6.45, 7) is 1.46. The number of likely N-dealkylation sites (tertiary alicyclic amines) is 1. The summed E-state index contributed by atoms with van der Waals surface area (Å²) in [4.78, 5) is 50.3. The lowest BCUT2D eigenvalue weighted by Crippen LogP contribution is -2.53. The van der Waals surface area contributed by atoms with E-state index in [9.17, 15) is 19.2 Å². The molecule has 0 bridgehead atoms. The fourth-order valence-corrected chi connectivity index (χ4v) is 3.35. The number of nitrogens with zero attached hydrogens (tertiary/aromatic N) is 1. The van der Waals surface area contributed by atoms with Crippen molar-refractivity contribution < 1.29 is 19.2 Å². The van der Waals surface area contributed by atoms with Crippen LogP contribution >= 0.6 is 11.6 Å². The van der Waals surface area contributed by atoms with Crippen LogP contribution in [-0.4, -0.2) is 34.6 Å². The summed E-state index contributed by atoms with van der Waals surface area (Å²) in [7, 11) is 0. The van der Waals surface area contributed by atoms with Gasteiger partial charge in [-0.25, -0.2) is 0 Å². The van der Waals surface area contributed by atoms with Crippen LogP contribution in [0.1, 0.15) is 30.1 Å². The van der Waals surface area contributed by atoms with E-state index in [4.69, 9.17) is 11.6 Å². The lowest BCUT2D eigenvalue weighted by Gasteiger charge is -2.22. The second kappa shape index (κ2) is 7.29. The molecule has 1 aromatic rings. The van der Waals surface area contributed by atoms with Crippen LogP contribution in [0.25, 0.3) is 0 Å². The third kappa shape index (κ3) is 3.35. The molecular weight excluding hydrogens is 358 g/mol. The van der Waals surface area contributed by atoms with Gasteiger partial charge < -0.3 is 0 Å². The molecule has 2 N–H and O–H groups in total. The van der Waals surface area contributed by atoms with Gasteiger partial charge in [0, 0.05) is 10.6 Å². The number of nitrogens with one attached hydrogen (secondary N) is 2. The maximum atomic E-state index is 12.5. The van der Waals surface area contributed by atoms with E-state index in [-0.39, 0.29) is 11.8 Å². The average molecular weight is 376 g/mol. The van der Waals surface area contributed by atoms with Gasteiger partial charge in [0.2, 0.25) is 11.8 Å². The highest BCUT2D eigenvalue weighted by Crippen LogP contribution is 2.35. The Labute approximate surface area is 155 Å². The molecule has 136 valence electrons. The van der Waals surface area contributed by atoms with Gasteiger partial charge in [-0.2, -0.15) is 0 Å². The summed E-state index contributed by atoms with van der Waals surface area (Å²) in [5.74, 6) is -2.63. The molecule has 3 rings (SSSR count). The molecule has 3 unspecified atom stereocenters. The van der Waals surface area contributed by atoms with E-state index >= 15 is 0 Å². The second-order valence-electron chi connectivity index (χ2n) is 6.33. The number of rotatable bonds is 3. The van der Waals surface area contributed by atoms with Crippen molar-refractivity contribution in [1.29, 1.82) is 0 Å². The Bertz CT molecular complexity index is 764. The lowest BCUT2D eigenvalue weighted by atomic mass is 9.85. The molecule has 8 heteroatoms. The minimum Gasteiger partial charge on any atom is -0.274 e. The van der Waals surface area contributed by atoms with Crippen LogP contribution in [0.4, 0.5) is 0 Å². The number of carbonyl (C=O) groups excluding carboxylic acids is 4. The van der Waals surface area contributed by atoms with E-state index in [0.29, 0.717) is 23.4 Å². The van der Waals surface area contributed by atoms with Crippen LogP contribution in [0.2, 0.25) is 5.02 Å². The number of hydrogen-bond acceptors (Lipinski definition) is 4. The van der Waals surface area contributed by atoms with Crippen molar-refractivity contribution in [3.05, 3.63) is 47.0 Å².